The standard InChI is InChI=1S/C33H38F6O10/c1-21(2)29(42)46-15-13-44-17-25(40)19-48-27-9-5-23(6-10-27)31(32(34,35)36,33(37,38)39)24-7-11-28(12-8-24)49-20-26(41)18-45-14-16-47-30(43)22(3)4/h5-12,25-26,40-41H,1,3,13-20H2,2,4H3. The van der Waals surface area contributed by atoms with Crippen LogP contribution in [0.3, 0.4) is 0 Å². The van der Waals surface area contributed by atoms with Crippen LogP contribution in [-0.4, -0.2) is 99.6 Å². The lowest BCUT2D eigenvalue weighted by atomic mass is 9.73. The molecule has 0 amide bonds. The second kappa shape index (κ2) is 18.6. The lowest BCUT2D eigenvalue weighted by molar-refractivity contribution is -0.288. The number of esters is 2. The van der Waals surface area contributed by atoms with E-state index in [2.05, 4.69) is 13.2 Å². The summed E-state index contributed by atoms with van der Waals surface area (Å²) in [6, 6.07) is 6.19. The van der Waals surface area contributed by atoms with Crippen molar-refractivity contribution in [1.82, 2.24) is 0 Å². The summed E-state index contributed by atoms with van der Waals surface area (Å²) in [5.74, 6) is -1.46. The molecule has 2 atom stereocenters. The molecule has 16 heteroatoms. The van der Waals surface area contributed by atoms with Crippen LogP contribution < -0.4 is 9.47 Å². The summed E-state index contributed by atoms with van der Waals surface area (Å²) in [6.07, 6.45) is -14.1. The fraction of sp³-hybridized carbons (Fsp3) is 0.455. The lowest BCUT2D eigenvalue weighted by Gasteiger charge is -2.38. The molecule has 2 N–H and O–H groups in total. The van der Waals surface area contributed by atoms with Gasteiger partial charge in [-0.05, 0) is 49.2 Å². The fourth-order valence-electron chi connectivity index (χ4n) is 4.14. The Hall–Kier alpha value is -4.12. The number of carbonyl (C=O) groups is 2. The molecule has 10 nitrogen and oxygen atoms in total. The Balaban J connectivity index is 2.05. The Morgan fingerprint density at radius 3 is 1.22 bits per heavy atom. The number of alkyl halides is 6. The molecule has 272 valence electrons. The minimum absolute atomic E-state index is 0.0520. The molecule has 0 aliphatic rings. The normalized spacial score (nSPS) is 13.3. The molecule has 2 unspecified atom stereocenters. The van der Waals surface area contributed by atoms with Crippen LogP contribution in [0.4, 0.5) is 26.3 Å². The Morgan fingerprint density at radius 2 is 0.939 bits per heavy atom. The van der Waals surface area contributed by atoms with Crippen molar-refractivity contribution >= 4 is 11.9 Å². The average Bonchev–Trinajstić information content (AvgIpc) is 3.02. The maximum absolute atomic E-state index is 14.5. The molecule has 0 saturated heterocycles. The van der Waals surface area contributed by atoms with Gasteiger partial charge in [0.15, 0.2) is 0 Å². The highest BCUT2D eigenvalue weighted by Gasteiger charge is 2.72. The van der Waals surface area contributed by atoms with E-state index >= 15 is 0 Å². The zero-order valence-electron chi connectivity index (χ0n) is 26.8. The first-order valence-corrected chi connectivity index (χ1v) is 14.7. The number of ether oxygens (including phenoxy) is 6. The van der Waals surface area contributed by atoms with Crippen molar-refractivity contribution in [3.63, 3.8) is 0 Å². The summed E-state index contributed by atoms with van der Waals surface area (Å²) < 4.78 is 118. The minimum Gasteiger partial charge on any atom is -0.491 e. The first-order chi connectivity index (χ1) is 22.9. The van der Waals surface area contributed by atoms with E-state index in [1.165, 1.54) is 13.8 Å². The predicted molar refractivity (Wildman–Crippen MR) is 162 cm³/mol. The van der Waals surface area contributed by atoms with Gasteiger partial charge >= 0.3 is 24.3 Å². The zero-order valence-corrected chi connectivity index (χ0v) is 26.8. The van der Waals surface area contributed by atoms with Crippen molar-refractivity contribution in [2.75, 3.05) is 52.9 Å². The third-order valence-corrected chi connectivity index (χ3v) is 6.55. The molecular formula is C33H38F6O10. The minimum atomic E-state index is -5.84. The Labute approximate surface area is 278 Å². The van der Waals surface area contributed by atoms with Gasteiger partial charge in [0.2, 0.25) is 5.41 Å². The molecule has 0 saturated carbocycles. The molecule has 2 aromatic rings. The van der Waals surface area contributed by atoms with Gasteiger partial charge in [0.1, 0.15) is 50.1 Å². The maximum Gasteiger partial charge on any atom is 0.411 e. The van der Waals surface area contributed by atoms with Crippen molar-refractivity contribution in [1.29, 1.82) is 0 Å². The number of carbonyl (C=O) groups excluding carboxylic acids is 2. The van der Waals surface area contributed by atoms with Crippen molar-refractivity contribution in [2.24, 2.45) is 0 Å². The van der Waals surface area contributed by atoms with Gasteiger partial charge in [-0.3, -0.25) is 0 Å². The number of hydrogen-bond donors (Lipinski definition) is 2. The van der Waals surface area contributed by atoms with E-state index in [0.717, 1.165) is 24.3 Å². The number of aliphatic hydroxyl groups excluding tert-OH is 2. The molecular weight excluding hydrogens is 670 g/mol. The Bertz CT molecular complexity index is 1270. The molecule has 2 aromatic carbocycles. The molecule has 0 bridgehead atoms. The number of benzene rings is 2. The quantitative estimate of drug-likeness (QED) is 0.0853. The SMILES string of the molecule is C=C(C)C(=O)OCCOCC(O)COc1ccc(C(c2ccc(OCC(O)COCCOC(=O)C(=C)C)cc2)(C(F)(F)F)C(F)(F)F)cc1. The number of hydrogen-bond acceptors (Lipinski definition) is 10. The van der Waals surface area contributed by atoms with E-state index in [9.17, 15) is 46.1 Å². The monoisotopic (exact) mass is 708 g/mol. The molecule has 0 fully saturated rings. The molecule has 0 radical (unpaired) electrons. The van der Waals surface area contributed by atoms with Gasteiger partial charge in [0, 0.05) is 11.1 Å². The second-order valence-corrected chi connectivity index (χ2v) is 10.7. The number of halogens is 6. The summed E-state index contributed by atoms with van der Waals surface area (Å²) in [6.45, 7) is 8.13. The van der Waals surface area contributed by atoms with Gasteiger partial charge in [-0.1, -0.05) is 37.4 Å². The van der Waals surface area contributed by atoms with Crippen LogP contribution >= 0.6 is 0 Å². The van der Waals surface area contributed by atoms with Gasteiger partial charge in [-0.15, -0.1) is 0 Å². The Morgan fingerprint density at radius 1 is 0.612 bits per heavy atom. The zero-order chi connectivity index (χ0) is 36.8. The highest BCUT2D eigenvalue weighted by molar-refractivity contribution is 5.87. The number of rotatable bonds is 20. The average molecular weight is 709 g/mol. The van der Waals surface area contributed by atoms with E-state index in [0.29, 0.717) is 24.3 Å². The molecule has 0 aromatic heterocycles. The first kappa shape index (κ1) is 41.1. The molecule has 2 rings (SSSR count). The highest BCUT2D eigenvalue weighted by atomic mass is 19.4. The van der Waals surface area contributed by atoms with Crippen molar-refractivity contribution in [2.45, 2.75) is 43.8 Å². The van der Waals surface area contributed by atoms with Crippen LogP contribution in [0.25, 0.3) is 0 Å². The highest BCUT2D eigenvalue weighted by Crippen LogP contribution is 2.56. The fourth-order valence-corrected chi connectivity index (χ4v) is 4.14. The van der Waals surface area contributed by atoms with Gasteiger partial charge in [-0.2, -0.15) is 26.3 Å². The molecule has 0 spiro atoms. The van der Waals surface area contributed by atoms with Crippen LogP contribution in [0.2, 0.25) is 0 Å². The van der Waals surface area contributed by atoms with Gasteiger partial charge in [0.05, 0.1) is 26.4 Å². The molecule has 49 heavy (non-hydrogen) atoms. The van der Waals surface area contributed by atoms with Crippen molar-refractivity contribution in [3.8, 4) is 11.5 Å². The van der Waals surface area contributed by atoms with Crippen LogP contribution in [-0.2, 0) is 34.0 Å². The van der Waals surface area contributed by atoms with Crippen LogP contribution in [0.1, 0.15) is 25.0 Å². The van der Waals surface area contributed by atoms with Gasteiger partial charge in [-0.25, -0.2) is 9.59 Å². The van der Waals surface area contributed by atoms with E-state index in [-0.39, 0.29) is 62.3 Å². The molecule has 0 aliphatic carbocycles. The third-order valence-electron chi connectivity index (χ3n) is 6.55. The van der Waals surface area contributed by atoms with Crippen molar-refractivity contribution < 1.29 is 74.6 Å². The van der Waals surface area contributed by atoms with E-state index in [4.69, 9.17) is 28.4 Å². The largest absolute Gasteiger partial charge is 0.491 e. The first-order valence-electron chi connectivity index (χ1n) is 14.7. The summed E-state index contributed by atoms with van der Waals surface area (Å²) >= 11 is 0. The summed E-state index contributed by atoms with van der Waals surface area (Å²) in [7, 11) is 0. The van der Waals surface area contributed by atoms with Crippen LogP contribution in [0, 0.1) is 0 Å². The maximum atomic E-state index is 14.5. The summed E-state index contributed by atoms with van der Waals surface area (Å²) in [5.41, 5.74) is -6.31. The summed E-state index contributed by atoms with van der Waals surface area (Å²) in [5, 5.41) is 20.0. The lowest BCUT2D eigenvalue weighted by Crippen LogP contribution is -2.54. The van der Waals surface area contributed by atoms with E-state index in [1.807, 2.05) is 0 Å². The van der Waals surface area contributed by atoms with Crippen molar-refractivity contribution in [3.05, 3.63) is 84.0 Å². The predicted octanol–water partition coefficient (Wildman–Crippen LogP) is 4.85. The van der Waals surface area contributed by atoms with Crippen LogP contribution in [0.15, 0.2) is 72.8 Å². The van der Waals surface area contributed by atoms with Gasteiger partial charge in [0.25, 0.3) is 0 Å². The van der Waals surface area contributed by atoms with Crippen LogP contribution in [0.5, 0.6) is 11.5 Å². The number of aliphatic hydroxyl groups is 2. The summed E-state index contributed by atoms with van der Waals surface area (Å²) in [4.78, 5) is 22.6. The molecule has 0 aliphatic heterocycles. The third kappa shape index (κ3) is 12.1. The second-order valence-electron chi connectivity index (χ2n) is 10.7. The topological polar surface area (TPSA) is 130 Å². The smallest absolute Gasteiger partial charge is 0.411 e. The van der Waals surface area contributed by atoms with E-state index < -0.39 is 66.3 Å². The van der Waals surface area contributed by atoms with E-state index in [1.54, 1.807) is 0 Å². The van der Waals surface area contributed by atoms with Gasteiger partial charge < -0.3 is 38.6 Å². The Kier molecular flexibility index (Phi) is 15.6. The molecule has 0 heterocycles.